The Morgan fingerprint density at radius 3 is 2.75 bits per heavy atom. The Balaban J connectivity index is 2.26. The van der Waals surface area contributed by atoms with Gasteiger partial charge in [0, 0.05) is 51.9 Å². The molecule has 0 aliphatic rings. The van der Waals surface area contributed by atoms with Crippen molar-refractivity contribution in [3.05, 3.63) is 17.5 Å². The quantitative estimate of drug-likeness (QED) is 0.732. The van der Waals surface area contributed by atoms with Crippen LogP contribution in [-0.4, -0.2) is 41.2 Å². The number of hydrogen-bond donors (Lipinski definition) is 1. The topological polar surface area (TPSA) is 50.2 Å². The molecule has 5 nitrogen and oxygen atoms in total. The number of carbonyl (C=O) groups excluding carboxylic acids is 1. The van der Waals surface area contributed by atoms with Crippen LogP contribution < -0.4 is 5.32 Å². The molecule has 1 aromatic heterocycles. The van der Waals surface area contributed by atoms with E-state index < -0.39 is 0 Å². The molecule has 0 spiro atoms. The van der Waals surface area contributed by atoms with E-state index in [1.165, 1.54) is 5.56 Å². The summed E-state index contributed by atoms with van der Waals surface area (Å²) in [4.78, 5) is 12.9. The Morgan fingerprint density at radius 1 is 1.56 bits per heavy atom. The van der Waals surface area contributed by atoms with Gasteiger partial charge in [-0.1, -0.05) is 0 Å². The highest BCUT2D eigenvalue weighted by atomic mass is 16.2. The van der Waals surface area contributed by atoms with Gasteiger partial charge in [-0.05, 0) is 6.92 Å². The SMILES string of the molecule is Cc1c(CNCCC(=O)N(C)C)cnn1C. The molecule has 0 atom stereocenters. The number of amides is 1. The molecule has 90 valence electrons. The fourth-order valence-electron chi connectivity index (χ4n) is 1.36. The molecule has 1 heterocycles. The molecular weight excluding hydrogens is 204 g/mol. The number of rotatable bonds is 5. The van der Waals surface area contributed by atoms with E-state index >= 15 is 0 Å². The highest BCUT2D eigenvalue weighted by Gasteiger charge is 2.05. The number of hydrogen-bond acceptors (Lipinski definition) is 3. The van der Waals surface area contributed by atoms with Crippen LogP contribution in [0.15, 0.2) is 6.20 Å². The van der Waals surface area contributed by atoms with Crippen molar-refractivity contribution in [2.24, 2.45) is 7.05 Å². The largest absolute Gasteiger partial charge is 0.349 e. The molecule has 1 aromatic rings. The Morgan fingerprint density at radius 2 is 2.25 bits per heavy atom. The maximum absolute atomic E-state index is 11.3. The number of aromatic nitrogens is 2. The van der Waals surface area contributed by atoms with E-state index in [9.17, 15) is 4.79 Å². The maximum Gasteiger partial charge on any atom is 0.223 e. The van der Waals surface area contributed by atoms with Crippen molar-refractivity contribution in [1.29, 1.82) is 0 Å². The second kappa shape index (κ2) is 5.65. The van der Waals surface area contributed by atoms with Gasteiger partial charge in [-0.2, -0.15) is 5.10 Å². The van der Waals surface area contributed by atoms with Gasteiger partial charge in [0.15, 0.2) is 0 Å². The van der Waals surface area contributed by atoms with Gasteiger partial charge in [-0.15, -0.1) is 0 Å². The molecular formula is C11H20N4O. The lowest BCUT2D eigenvalue weighted by Crippen LogP contribution is -2.26. The second-order valence-electron chi connectivity index (χ2n) is 4.09. The monoisotopic (exact) mass is 224 g/mol. The van der Waals surface area contributed by atoms with Crippen molar-refractivity contribution in [2.45, 2.75) is 19.9 Å². The maximum atomic E-state index is 11.3. The highest BCUT2D eigenvalue weighted by molar-refractivity contribution is 5.75. The van der Waals surface area contributed by atoms with Crippen molar-refractivity contribution in [3.63, 3.8) is 0 Å². The van der Waals surface area contributed by atoms with Crippen LogP contribution in [0.4, 0.5) is 0 Å². The molecule has 0 bridgehead atoms. The molecule has 0 unspecified atom stereocenters. The first-order valence-corrected chi connectivity index (χ1v) is 5.40. The van der Waals surface area contributed by atoms with E-state index in [4.69, 9.17) is 0 Å². The zero-order valence-corrected chi connectivity index (χ0v) is 10.4. The van der Waals surface area contributed by atoms with E-state index in [0.717, 1.165) is 12.2 Å². The molecule has 0 aliphatic heterocycles. The molecule has 1 amide bonds. The lowest BCUT2D eigenvalue weighted by molar-refractivity contribution is -0.128. The van der Waals surface area contributed by atoms with Gasteiger partial charge in [0.1, 0.15) is 0 Å². The normalized spacial score (nSPS) is 10.5. The molecule has 0 aliphatic carbocycles. The standard InChI is InChI=1S/C11H20N4O/c1-9-10(8-13-15(9)4)7-12-6-5-11(16)14(2)3/h8,12H,5-7H2,1-4H3. The molecule has 0 aromatic carbocycles. The summed E-state index contributed by atoms with van der Waals surface area (Å²) in [6, 6.07) is 0. The third-order valence-corrected chi connectivity index (χ3v) is 2.67. The summed E-state index contributed by atoms with van der Waals surface area (Å²) in [5, 5.41) is 7.40. The van der Waals surface area contributed by atoms with Gasteiger partial charge >= 0.3 is 0 Å². The van der Waals surface area contributed by atoms with Crippen LogP contribution in [0.1, 0.15) is 17.7 Å². The lowest BCUT2D eigenvalue weighted by Gasteiger charge is -2.10. The van der Waals surface area contributed by atoms with E-state index in [-0.39, 0.29) is 5.91 Å². The predicted octanol–water partition coefficient (Wildman–Crippen LogP) is 0.296. The summed E-state index contributed by atoms with van der Waals surface area (Å²) in [6.07, 6.45) is 2.39. The van der Waals surface area contributed by atoms with Crippen molar-refractivity contribution in [2.75, 3.05) is 20.6 Å². The van der Waals surface area contributed by atoms with Gasteiger partial charge in [0.2, 0.25) is 5.91 Å². The van der Waals surface area contributed by atoms with Crippen LogP contribution in [0.2, 0.25) is 0 Å². The predicted molar refractivity (Wildman–Crippen MR) is 63.0 cm³/mol. The Kier molecular flexibility index (Phi) is 4.49. The Labute approximate surface area is 96.4 Å². The molecule has 16 heavy (non-hydrogen) atoms. The summed E-state index contributed by atoms with van der Waals surface area (Å²) in [5.74, 6) is 0.149. The van der Waals surface area contributed by atoms with Crippen LogP contribution in [0.3, 0.4) is 0 Å². The zero-order valence-electron chi connectivity index (χ0n) is 10.4. The number of nitrogens with one attached hydrogen (secondary N) is 1. The minimum absolute atomic E-state index is 0.149. The average molecular weight is 224 g/mol. The molecule has 1 rings (SSSR count). The van der Waals surface area contributed by atoms with Crippen molar-refractivity contribution >= 4 is 5.91 Å². The highest BCUT2D eigenvalue weighted by Crippen LogP contribution is 2.04. The van der Waals surface area contributed by atoms with E-state index in [1.54, 1.807) is 19.0 Å². The van der Waals surface area contributed by atoms with Crippen LogP contribution >= 0.6 is 0 Å². The van der Waals surface area contributed by atoms with Crippen molar-refractivity contribution < 1.29 is 4.79 Å². The average Bonchev–Trinajstić information content (AvgIpc) is 2.55. The Hall–Kier alpha value is -1.36. The Bertz CT molecular complexity index is 357. The first kappa shape index (κ1) is 12.7. The van der Waals surface area contributed by atoms with Crippen molar-refractivity contribution in [3.8, 4) is 0 Å². The molecule has 0 saturated heterocycles. The molecule has 5 heteroatoms. The lowest BCUT2D eigenvalue weighted by atomic mass is 10.2. The van der Waals surface area contributed by atoms with Crippen LogP contribution in [-0.2, 0) is 18.4 Å². The third-order valence-electron chi connectivity index (χ3n) is 2.67. The van der Waals surface area contributed by atoms with Crippen LogP contribution in [0.25, 0.3) is 0 Å². The zero-order chi connectivity index (χ0) is 12.1. The van der Waals surface area contributed by atoms with Crippen LogP contribution in [0.5, 0.6) is 0 Å². The van der Waals surface area contributed by atoms with Gasteiger partial charge < -0.3 is 10.2 Å². The summed E-state index contributed by atoms with van der Waals surface area (Å²) >= 11 is 0. The first-order chi connectivity index (χ1) is 7.52. The second-order valence-corrected chi connectivity index (χ2v) is 4.09. The van der Waals surface area contributed by atoms with E-state index in [1.807, 2.05) is 24.9 Å². The van der Waals surface area contributed by atoms with Gasteiger partial charge in [-0.25, -0.2) is 0 Å². The third kappa shape index (κ3) is 3.34. The van der Waals surface area contributed by atoms with Gasteiger partial charge in [0.25, 0.3) is 0 Å². The van der Waals surface area contributed by atoms with E-state index in [2.05, 4.69) is 10.4 Å². The summed E-state index contributed by atoms with van der Waals surface area (Å²) in [5.41, 5.74) is 2.34. The van der Waals surface area contributed by atoms with Crippen LogP contribution in [0, 0.1) is 6.92 Å². The smallest absolute Gasteiger partial charge is 0.223 e. The van der Waals surface area contributed by atoms with Crippen molar-refractivity contribution in [1.82, 2.24) is 20.0 Å². The summed E-state index contributed by atoms with van der Waals surface area (Å²) in [7, 11) is 5.47. The fourth-order valence-corrected chi connectivity index (χ4v) is 1.36. The summed E-state index contributed by atoms with van der Waals surface area (Å²) in [6.45, 7) is 3.50. The summed E-state index contributed by atoms with van der Waals surface area (Å²) < 4.78 is 1.85. The molecule has 0 radical (unpaired) electrons. The first-order valence-electron chi connectivity index (χ1n) is 5.40. The van der Waals surface area contributed by atoms with Gasteiger partial charge in [0.05, 0.1) is 6.20 Å². The fraction of sp³-hybridized carbons (Fsp3) is 0.636. The minimum Gasteiger partial charge on any atom is -0.349 e. The van der Waals surface area contributed by atoms with E-state index in [0.29, 0.717) is 13.0 Å². The van der Waals surface area contributed by atoms with Gasteiger partial charge in [-0.3, -0.25) is 9.48 Å². The number of aryl methyl sites for hydroxylation is 1. The molecule has 0 saturated carbocycles. The number of nitrogens with zero attached hydrogens (tertiary/aromatic N) is 3. The minimum atomic E-state index is 0.149. The molecule has 0 fully saturated rings. The number of carbonyl (C=O) groups is 1. The molecule has 1 N–H and O–H groups in total.